The van der Waals surface area contributed by atoms with E-state index in [4.69, 9.17) is 11.1 Å². The first-order chi connectivity index (χ1) is 14.4. The van der Waals surface area contributed by atoms with Crippen LogP contribution in [-0.2, 0) is 30.5 Å². The number of rotatable bonds is 8. The number of aromatic nitrogens is 1. The Labute approximate surface area is 185 Å². The molecule has 30 heavy (non-hydrogen) atoms. The topological polar surface area (TPSA) is 104 Å². The van der Waals surface area contributed by atoms with Crippen LogP contribution in [0.2, 0.25) is 0 Å². The fraction of sp³-hybridized carbons (Fsp3) is 0.227. The number of hydrogen-bond acceptors (Lipinski definition) is 5. The monoisotopic (exact) mass is 439 g/mol. The number of hydrogen-bond donors (Lipinski definition) is 5. The van der Waals surface area contributed by atoms with Crippen molar-refractivity contribution >= 4 is 46.7 Å². The number of anilines is 2. The molecule has 0 radical (unpaired) electrons. The first-order valence-electron chi connectivity index (χ1n) is 9.63. The molecule has 8 heteroatoms. The molecule has 3 rings (SSSR count). The maximum Gasteiger partial charge on any atom is 0.223 e. The molecule has 6 nitrogen and oxygen atoms in total. The molecule has 0 aliphatic rings. The van der Waals surface area contributed by atoms with Gasteiger partial charge in [0.1, 0.15) is 0 Å². The Morgan fingerprint density at radius 3 is 2.20 bits per heavy atom. The summed E-state index contributed by atoms with van der Waals surface area (Å²) < 4.78 is 0. The largest absolute Gasteiger partial charge is 0.370 e. The van der Waals surface area contributed by atoms with Gasteiger partial charge < -0.3 is 16.4 Å². The minimum atomic E-state index is -0.111. The third kappa shape index (κ3) is 6.60. The fourth-order valence-corrected chi connectivity index (χ4v) is 4.27. The highest BCUT2D eigenvalue weighted by atomic mass is 32.1. The predicted octanol–water partition coefficient (Wildman–Crippen LogP) is 4.27. The van der Waals surface area contributed by atoms with E-state index in [0.29, 0.717) is 5.13 Å². The highest BCUT2D eigenvalue weighted by Gasteiger charge is 2.13. The van der Waals surface area contributed by atoms with Crippen molar-refractivity contribution in [2.75, 3.05) is 10.6 Å². The molecule has 5 N–H and O–H groups in total. The molecule has 1 aromatic heterocycles. The molecule has 0 bridgehead atoms. The smallest absolute Gasteiger partial charge is 0.223 e. The summed E-state index contributed by atoms with van der Waals surface area (Å²) in [4.78, 5) is 18.3. The van der Waals surface area contributed by atoms with Crippen molar-refractivity contribution in [3.8, 4) is 0 Å². The number of nitrogens with one attached hydrogen (secondary N) is 3. The molecule has 0 fully saturated rings. The number of amides is 1. The number of carbonyl (C=O) groups excluding carboxylic acids is 1. The standard InChI is InChI=1S/C22H25N5OS2/c1-14(28)25-22-27-19(12-6-15-2-8-17(9-3-15)26-21(23)24)20(30-22)13-7-16-4-10-18(29)11-5-16/h2-5,8-11,29H,6-7,12-13H2,1H3,(H4,23,24,26)(H,25,27,28). The SMILES string of the molecule is CC(=O)Nc1nc(CCc2ccc(NC(=N)N)cc2)c(CCc2ccc(S)cc2)s1. The second-order valence-electron chi connectivity index (χ2n) is 6.97. The van der Waals surface area contributed by atoms with Crippen LogP contribution < -0.4 is 16.4 Å². The molecule has 0 spiro atoms. The van der Waals surface area contributed by atoms with Crippen LogP contribution in [0.5, 0.6) is 0 Å². The summed E-state index contributed by atoms with van der Waals surface area (Å²) >= 11 is 5.89. The molecule has 156 valence electrons. The number of nitrogens with zero attached hydrogens (tertiary/aromatic N) is 1. The van der Waals surface area contributed by atoms with Crippen molar-refractivity contribution in [3.63, 3.8) is 0 Å². The number of aryl methyl sites for hydroxylation is 4. The molecule has 0 aliphatic carbocycles. The second-order valence-corrected chi connectivity index (χ2v) is 8.57. The maximum atomic E-state index is 11.5. The van der Waals surface area contributed by atoms with Crippen molar-refractivity contribution in [3.05, 3.63) is 70.2 Å². The van der Waals surface area contributed by atoms with Crippen LogP contribution in [0, 0.1) is 5.41 Å². The zero-order chi connectivity index (χ0) is 21.5. The van der Waals surface area contributed by atoms with E-state index in [9.17, 15) is 4.79 Å². The van der Waals surface area contributed by atoms with Gasteiger partial charge in [0.15, 0.2) is 11.1 Å². The van der Waals surface area contributed by atoms with Gasteiger partial charge in [-0.2, -0.15) is 0 Å². The van der Waals surface area contributed by atoms with Gasteiger partial charge in [0, 0.05) is 22.4 Å². The van der Waals surface area contributed by atoms with E-state index in [2.05, 4.69) is 40.4 Å². The van der Waals surface area contributed by atoms with E-state index < -0.39 is 0 Å². The predicted molar refractivity (Wildman–Crippen MR) is 127 cm³/mol. The summed E-state index contributed by atoms with van der Waals surface area (Å²) in [7, 11) is 0. The Balaban J connectivity index is 1.68. The molecule has 0 atom stereocenters. The third-order valence-corrected chi connectivity index (χ3v) is 5.89. The quantitative estimate of drug-likeness (QED) is 0.205. The molecule has 1 amide bonds. The van der Waals surface area contributed by atoms with Crippen molar-refractivity contribution in [1.82, 2.24) is 4.98 Å². The van der Waals surface area contributed by atoms with Crippen LogP contribution in [0.3, 0.4) is 0 Å². The van der Waals surface area contributed by atoms with Crippen molar-refractivity contribution < 1.29 is 4.79 Å². The maximum absolute atomic E-state index is 11.5. The van der Waals surface area contributed by atoms with Crippen LogP contribution in [0.25, 0.3) is 0 Å². The van der Waals surface area contributed by atoms with E-state index in [-0.39, 0.29) is 11.9 Å². The lowest BCUT2D eigenvalue weighted by molar-refractivity contribution is -0.114. The second kappa shape index (κ2) is 10.3. The average Bonchev–Trinajstić information content (AvgIpc) is 3.07. The summed E-state index contributed by atoms with van der Waals surface area (Å²) in [6, 6.07) is 16.0. The molecule has 1 heterocycles. The number of guanidine groups is 1. The molecule has 0 saturated heterocycles. The number of carbonyl (C=O) groups is 1. The fourth-order valence-electron chi connectivity index (χ4n) is 3.07. The Kier molecular flexibility index (Phi) is 7.48. The zero-order valence-electron chi connectivity index (χ0n) is 16.7. The first-order valence-corrected chi connectivity index (χ1v) is 10.9. The molecule has 2 aromatic carbocycles. The van der Waals surface area contributed by atoms with Crippen LogP contribution in [0.15, 0.2) is 53.4 Å². The van der Waals surface area contributed by atoms with Crippen LogP contribution in [0.1, 0.15) is 28.6 Å². The van der Waals surface area contributed by atoms with E-state index in [1.807, 2.05) is 36.4 Å². The van der Waals surface area contributed by atoms with Crippen LogP contribution in [-0.4, -0.2) is 16.9 Å². The number of thiol groups is 1. The van der Waals surface area contributed by atoms with E-state index in [0.717, 1.165) is 42.0 Å². The normalized spacial score (nSPS) is 10.6. The minimum absolute atomic E-state index is 0.0793. The van der Waals surface area contributed by atoms with Gasteiger partial charge in [-0.25, -0.2) is 4.98 Å². The van der Waals surface area contributed by atoms with Gasteiger partial charge in [0.25, 0.3) is 0 Å². The molecule has 0 unspecified atom stereocenters. The van der Waals surface area contributed by atoms with E-state index in [1.54, 1.807) is 11.3 Å². The number of nitrogens with two attached hydrogens (primary N) is 1. The van der Waals surface area contributed by atoms with Gasteiger partial charge >= 0.3 is 0 Å². The molecular weight excluding hydrogens is 414 g/mol. The Morgan fingerprint density at radius 2 is 1.60 bits per heavy atom. The van der Waals surface area contributed by atoms with Gasteiger partial charge in [0.05, 0.1) is 5.69 Å². The molecule has 0 saturated carbocycles. The Morgan fingerprint density at radius 1 is 1.00 bits per heavy atom. The Hall–Kier alpha value is -2.84. The summed E-state index contributed by atoms with van der Waals surface area (Å²) in [5, 5.41) is 13.5. The highest BCUT2D eigenvalue weighted by Crippen LogP contribution is 2.26. The summed E-state index contributed by atoms with van der Waals surface area (Å²) in [6.45, 7) is 1.50. The van der Waals surface area contributed by atoms with Crippen molar-refractivity contribution in [2.45, 2.75) is 37.5 Å². The molecular formula is C22H25N5OS2. The van der Waals surface area contributed by atoms with E-state index >= 15 is 0 Å². The molecule has 3 aromatic rings. The van der Waals surface area contributed by atoms with Crippen molar-refractivity contribution in [2.24, 2.45) is 5.73 Å². The van der Waals surface area contributed by atoms with Gasteiger partial charge in [-0.05, 0) is 61.1 Å². The third-order valence-electron chi connectivity index (χ3n) is 4.52. The summed E-state index contributed by atoms with van der Waals surface area (Å²) in [5.41, 5.74) is 9.61. The summed E-state index contributed by atoms with van der Waals surface area (Å²) in [6.07, 6.45) is 3.42. The average molecular weight is 440 g/mol. The number of thiazole rings is 1. The lowest BCUT2D eigenvalue weighted by Crippen LogP contribution is -2.20. The van der Waals surface area contributed by atoms with Gasteiger partial charge in [-0.3, -0.25) is 10.2 Å². The first kappa shape index (κ1) is 21.9. The minimum Gasteiger partial charge on any atom is -0.370 e. The molecule has 0 aliphatic heterocycles. The lowest BCUT2D eigenvalue weighted by atomic mass is 10.0. The van der Waals surface area contributed by atoms with Gasteiger partial charge in [-0.15, -0.1) is 24.0 Å². The lowest BCUT2D eigenvalue weighted by Gasteiger charge is -2.06. The van der Waals surface area contributed by atoms with Gasteiger partial charge in [0.2, 0.25) is 5.91 Å². The zero-order valence-corrected chi connectivity index (χ0v) is 18.4. The Bertz CT molecular complexity index is 1010. The van der Waals surface area contributed by atoms with Crippen LogP contribution in [0.4, 0.5) is 10.8 Å². The highest BCUT2D eigenvalue weighted by molar-refractivity contribution is 7.80. The van der Waals surface area contributed by atoms with Crippen molar-refractivity contribution in [1.29, 1.82) is 5.41 Å². The van der Waals surface area contributed by atoms with Crippen LogP contribution >= 0.6 is 24.0 Å². The van der Waals surface area contributed by atoms with E-state index in [1.165, 1.54) is 22.9 Å². The number of benzene rings is 2. The van der Waals surface area contributed by atoms with Gasteiger partial charge in [-0.1, -0.05) is 24.3 Å². The summed E-state index contributed by atoms with van der Waals surface area (Å²) in [5.74, 6) is -0.191.